The highest BCUT2D eigenvalue weighted by Crippen LogP contribution is 2.37. The summed E-state index contributed by atoms with van der Waals surface area (Å²) in [6.07, 6.45) is 5.11. The fourth-order valence-electron chi connectivity index (χ4n) is 3.15. The molecular formula is C20H26N2O5. The maximum Gasteiger partial charge on any atom is 0.341 e. The topological polar surface area (TPSA) is 104 Å². The van der Waals surface area contributed by atoms with Gasteiger partial charge in [-0.15, -0.1) is 0 Å². The van der Waals surface area contributed by atoms with Gasteiger partial charge in [0.25, 0.3) is 0 Å². The van der Waals surface area contributed by atoms with E-state index in [0.29, 0.717) is 44.4 Å². The molecule has 0 saturated heterocycles. The Hall–Kier alpha value is -2.22. The van der Waals surface area contributed by atoms with Crippen LogP contribution < -0.4 is 11.2 Å². The highest BCUT2D eigenvalue weighted by atomic mass is 16.5. The predicted octanol–water partition coefficient (Wildman–Crippen LogP) is 1.96. The molecule has 146 valence electrons. The molecule has 1 aromatic heterocycles. The molecular weight excluding hydrogens is 348 g/mol. The zero-order chi connectivity index (χ0) is 19.2. The highest BCUT2D eigenvalue weighted by Gasteiger charge is 2.26. The van der Waals surface area contributed by atoms with Gasteiger partial charge in [0.05, 0.1) is 25.3 Å². The second-order valence-corrected chi connectivity index (χ2v) is 6.78. The zero-order valence-electron chi connectivity index (χ0n) is 15.4. The average molecular weight is 374 g/mol. The Labute approximate surface area is 157 Å². The summed E-state index contributed by atoms with van der Waals surface area (Å²) >= 11 is 0. The largest absolute Gasteiger partial charge is 0.477 e. The van der Waals surface area contributed by atoms with E-state index in [4.69, 9.17) is 15.2 Å². The van der Waals surface area contributed by atoms with E-state index in [1.165, 1.54) is 6.20 Å². The van der Waals surface area contributed by atoms with Gasteiger partial charge in [-0.3, -0.25) is 4.79 Å². The first-order chi connectivity index (χ1) is 13.1. The third-order valence-electron chi connectivity index (χ3n) is 4.66. The van der Waals surface area contributed by atoms with Crippen LogP contribution in [0.3, 0.4) is 0 Å². The van der Waals surface area contributed by atoms with Crippen molar-refractivity contribution in [2.75, 3.05) is 33.0 Å². The molecule has 1 aliphatic rings. The molecule has 0 aliphatic heterocycles. The van der Waals surface area contributed by atoms with E-state index in [2.05, 4.69) is 0 Å². The fraction of sp³-hybridized carbons (Fsp3) is 0.500. The Morgan fingerprint density at radius 1 is 1.19 bits per heavy atom. The van der Waals surface area contributed by atoms with Gasteiger partial charge in [-0.1, -0.05) is 6.07 Å². The van der Waals surface area contributed by atoms with Gasteiger partial charge < -0.3 is 24.9 Å². The number of aryl methyl sites for hydroxylation is 1. The number of nitrogens with two attached hydrogens (primary N) is 1. The predicted molar refractivity (Wildman–Crippen MR) is 102 cm³/mol. The number of nitrogens with zero attached hydrogens (tertiary/aromatic N) is 1. The average Bonchev–Trinajstić information content (AvgIpc) is 3.49. The van der Waals surface area contributed by atoms with E-state index < -0.39 is 11.4 Å². The molecule has 0 spiro atoms. The maximum absolute atomic E-state index is 12.6. The minimum Gasteiger partial charge on any atom is -0.477 e. The number of benzene rings is 1. The lowest BCUT2D eigenvalue weighted by Gasteiger charge is -2.12. The lowest BCUT2D eigenvalue weighted by Crippen LogP contribution is -2.18. The summed E-state index contributed by atoms with van der Waals surface area (Å²) in [6, 6.07) is 6.06. The van der Waals surface area contributed by atoms with Gasteiger partial charge in [0.1, 0.15) is 5.56 Å². The highest BCUT2D eigenvalue weighted by molar-refractivity contribution is 5.92. The number of carboxylic acids is 1. The molecule has 1 aromatic carbocycles. The van der Waals surface area contributed by atoms with Gasteiger partial charge in [-0.05, 0) is 43.4 Å². The smallest absolute Gasteiger partial charge is 0.341 e. The van der Waals surface area contributed by atoms with Gasteiger partial charge in [0.2, 0.25) is 5.43 Å². The summed E-state index contributed by atoms with van der Waals surface area (Å²) in [5, 5.41) is 9.83. The van der Waals surface area contributed by atoms with Crippen molar-refractivity contribution in [1.82, 2.24) is 4.57 Å². The second kappa shape index (κ2) is 9.12. The number of carbonyl (C=O) groups is 1. The molecule has 27 heavy (non-hydrogen) atoms. The number of aromatic nitrogens is 1. The first-order valence-electron chi connectivity index (χ1n) is 9.38. The van der Waals surface area contributed by atoms with Crippen molar-refractivity contribution in [1.29, 1.82) is 0 Å². The molecule has 2 aromatic rings. The lowest BCUT2D eigenvalue weighted by molar-refractivity contribution is 0.0499. The summed E-state index contributed by atoms with van der Waals surface area (Å²) in [6.45, 7) is 2.72. The van der Waals surface area contributed by atoms with Crippen LogP contribution in [0.2, 0.25) is 0 Å². The van der Waals surface area contributed by atoms with Crippen LogP contribution in [0.1, 0.15) is 41.2 Å². The maximum atomic E-state index is 12.6. The van der Waals surface area contributed by atoms with Crippen molar-refractivity contribution >= 4 is 16.9 Å². The molecule has 1 heterocycles. The standard InChI is InChI=1S/C20H26N2O5/c21-7-9-27-11-10-26-8-1-2-14-3-6-18-16(12-14)19(23)17(20(24)25)13-22(18)15-4-5-15/h3,6,12-13,15H,1-2,4-5,7-11,21H2,(H,24,25). The van der Waals surface area contributed by atoms with Crippen LogP contribution in [0.5, 0.6) is 0 Å². The molecule has 3 rings (SSSR count). The van der Waals surface area contributed by atoms with Crippen molar-refractivity contribution in [3.05, 3.63) is 45.7 Å². The SMILES string of the molecule is NCCOCCOCCCc1ccc2c(c1)c(=O)c(C(=O)O)cn2C1CC1. The summed E-state index contributed by atoms with van der Waals surface area (Å²) in [5.41, 5.74) is 6.58. The van der Waals surface area contributed by atoms with Crippen LogP contribution in [0, 0.1) is 0 Å². The number of carboxylic acid groups (broad SMARTS) is 1. The Kier molecular flexibility index (Phi) is 6.60. The molecule has 0 radical (unpaired) electrons. The third-order valence-corrected chi connectivity index (χ3v) is 4.66. The molecule has 7 heteroatoms. The zero-order valence-corrected chi connectivity index (χ0v) is 15.4. The molecule has 1 saturated carbocycles. The number of hydrogen-bond donors (Lipinski definition) is 2. The van der Waals surface area contributed by atoms with E-state index in [1.807, 2.05) is 22.8 Å². The van der Waals surface area contributed by atoms with Gasteiger partial charge in [-0.2, -0.15) is 0 Å². The summed E-state index contributed by atoms with van der Waals surface area (Å²) in [7, 11) is 0. The third kappa shape index (κ3) is 4.94. The monoisotopic (exact) mass is 374 g/mol. The normalized spacial score (nSPS) is 14.0. The number of aromatic carboxylic acids is 1. The lowest BCUT2D eigenvalue weighted by atomic mass is 10.0. The van der Waals surface area contributed by atoms with Crippen molar-refractivity contribution < 1.29 is 19.4 Å². The molecule has 1 aliphatic carbocycles. The van der Waals surface area contributed by atoms with Crippen LogP contribution in [0.4, 0.5) is 0 Å². The first-order valence-corrected chi connectivity index (χ1v) is 9.38. The molecule has 0 unspecified atom stereocenters. The van der Waals surface area contributed by atoms with Gasteiger partial charge in [0, 0.05) is 30.8 Å². The van der Waals surface area contributed by atoms with Crippen molar-refractivity contribution in [3.8, 4) is 0 Å². The molecule has 0 bridgehead atoms. The van der Waals surface area contributed by atoms with Gasteiger partial charge >= 0.3 is 5.97 Å². The minimum absolute atomic E-state index is 0.160. The molecule has 0 atom stereocenters. The molecule has 3 N–H and O–H groups in total. The number of ether oxygens (including phenoxy) is 2. The number of hydrogen-bond acceptors (Lipinski definition) is 5. The Morgan fingerprint density at radius 3 is 2.59 bits per heavy atom. The van der Waals surface area contributed by atoms with E-state index >= 15 is 0 Å². The number of fused-ring (bicyclic) bond motifs is 1. The van der Waals surface area contributed by atoms with Crippen LogP contribution in [-0.4, -0.2) is 48.6 Å². The van der Waals surface area contributed by atoms with E-state index in [9.17, 15) is 14.7 Å². The summed E-state index contributed by atoms with van der Waals surface area (Å²) in [4.78, 5) is 24.0. The Balaban J connectivity index is 1.66. The fourth-order valence-corrected chi connectivity index (χ4v) is 3.15. The van der Waals surface area contributed by atoms with Crippen LogP contribution >= 0.6 is 0 Å². The number of rotatable bonds is 11. The number of pyridine rings is 1. The Bertz CT molecular complexity index is 857. The quantitative estimate of drug-likeness (QED) is 0.583. The van der Waals surface area contributed by atoms with E-state index in [-0.39, 0.29) is 5.56 Å². The molecule has 1 fully saturated rings. The summed E-state index contributed by atoms with van der Waals surface area (Å²) in [5.74, 6) is -1.17. The van der Waals surface area contributed by atoms with Crippen molar-refractivity contribution in [2.45, 2.75) is 31.7 Å². The van der Waals surface area contributed by atoms with Crippen LogP contribution in [0.15, 0.2) is 29.2 Å². The van der Waals surface area contributed by atoms with Crippen molar-refractivity contribution in [2.24, 2.45) is 5.73 Å². The molecule has 0 amide bonds. The van der Waals surface area contributed by atoms with Crippen LogP contribution in [0.25, 0.3) is 10.9 Å². The van der Waals surface area contributed by atoms with Crippen LogP contribution in [-0.2, 0) is 15.9 Å². The van der Waals surface area contributed by atoms with Gasteiger partial charge in [0.15, 0.2) is 0 Å². The first kappa shape index (κ1) is 19.5. The van der Waals surface area contributed by atoms with Gasteiger partial charge in [-0.25, -0.2) is 4.79 Å². The summed E-state index contributed by atoms with van der Waals surface area (Å²) < 4.78 is 12.7. The Morgan fingerprint density at radius 2 is 1.93 bits per heavy atom. The van der Waals surface area contributed by atoms with E-state index in [0.717, 1.165) is 36.8 Å². The second-order valence-electron chi connectivity index (χ2n) is 6.78. The minimum atomic E-state index is -1.17. The van der Waals surface area contributed by atoms with E-state index in [1.54, 1.807) is 0 Å². The molecule has 7 nitrogen and oxygen atoms in total. The van der Waals surface area contributed by atoms with Crippen molar-refractivity contribution in [3.63, 3.8) is 0 Å².